The molecule has 1 aliphatic carbocycles. The first-order valence-electron chi connectivity index (χ1n) is 8.09. The van der Waals surface area contributed by atoms with Crippen molar-refractivity contribution in [3.63, 3.8) is 0 Å². The van der Waals surface area contributed by atoms with Gasteiger partial charge in [0.15, 0.2) is 19.6 Å². The first kappa shape index (κ1) is 18.4. The van der Waals surface area contributed by atoms with E-state index >= 15 is 0 Å². The number of anilines is 1. The summed E-state index contributed by atoms with van der Waals surface area (Å²) < 4.78 is 23.1. The Morgan fingerprint density at radius 2 is 1.96 bits per heavy atom. The van der Waals surface area contributed by atoms with Crippen LogP contribution < -0.4 is 5.32 Å². The van der Waals surface area contributed by atoms with Crippen LogP contribution in [0.2, 0.25) is 0 Å². The van der Waals surface area contributed by atoms with E-state index in [1.165, 1.54) is 23.1 Å². The summed E-state index contributed by atoms with van der Waals surface area (Å²) in [6, 6.07) is 9.65. The highest BCUT2D eigenvalue weighted by molar-refractivity contribution is 8.14. The first-order valence-corrected chi connectivity index (χ1v) is 11.9. The Balaban J connectivity index is 1.72. The van der Waals surface area contributed by atoms with Crippen LogP contribution in [-0.4, -0.2) is 35.4 Å². The monoisotopic (exact) mass is 396 g/mol. The van der Waals surface area contributed by atoms with Gasteiger partial charge >= 0.3 is 0 Å². The number of thioether (sulfide) groups is 1. The minimum Gasteiger partial charge on any atom is -0.300 e. The van der Waals surface area contributed by atoms with Crippen LogP contribution in [0.15, 0.2) is 35.7 Å². The van der Waals surface area contributed by atoms with Crippen molar-refractivity contribution in [2.24, 2.45) is 0 Å². The molecule has 5 nitrogen and oxygen atoms in total. The number of sulfone groups is 1. The average molecular weight is 397 g/mol. The first-order chi connectivity index (χ1) is 11.9. The van der Waals surface area contributed by atoms with Crippen LogP contribution in [0.4, 0.5) is 5.13 Å². The fraction of sp³-hybridized carbons (Fsp3) is 0.412. The molecule has 1 aromatic heterocycles. The quantitative estimate of drug-likeness (QED) is 0.804. The van der Waals surface area contributed by atoms with E-state index in [1.54, 1.807) is 0 Å². The number of aromatic nitrogens is 1. The van der Waals surface area contributed by atoms with E-state index in [1.807, 2.05) is 35.7 Å². The molecule has 0 saturated heterocycles. The molecule has 1 atom stereocenters. The third-order valence-corrected chi connectivity index (χ3v) is 8.47. The number of rotatable bonds is 6. The maximum atomic E-state index is 12.5. The van der Waals surface area contributed by atoms with E-state index in [-0.39, 0.29) is 5.25 Å². The van der Waals surface area contributed by atoms with Crippen molar-refractivity contribution in [2.45, 2.75) is 35.5 Å². The molecule has 3 rings (SSSR count). The topological polar surface area (TPSA) is 76.1 Å². The van der Waals surface area contributed by atoms with Gasteiger partial charge in [0.1, 0.15) is 0 Å². The zero-order valence-corrected chi connectivity index (χ0v) is 16.3. The lowest BCUT2D eigenvalue weighted by Crippen LogP contribution is -2.33. The number of benzene rings is 1. The lowest BCUT2D eigenvalue weighted by molar-refractivity contribution is -0.114. The molecule has 25 heavy (non-hydrogen) atoms. The zero-order valence-electron chi connectivity index (χ0n) is 13.8. The fourth-order valence-electron chi connectivity index (χ4n) is 2.79. The Bertz CT molecular complexity index is 828. The average Bonchev–Trinajstić information content (AvgIpc) is 3.24. The van der Waals surface area contributed by atoms with Gasteiger partial charge in [0.2, 0.25) is 0 Å². The number of nitrogens with one attached hydrogen (secondary N) is 1. The minimum atomic E-state index is -3.49. The van der Waals surface area contributed by atoms with Gasteiger partial charge in [-0.1, -0.05) is 43.2 Å². The SMILES string of the molecule is CS(=O)(=O)C(SC1CCCC1)C(=O)Nc1nc(-c2ccccc2)cs1. The van der Waals surface area contributed by atoms with Crippen LogP contribution >= 0.6 is 23.1 Å². The van der Waals surface area contributed by atoms with Gasteiger partial charge in [0, 0.05) is 22.4 Å². The number of amides is 1. The van der Waals surface area contributed by atoms with Gasteiger partial charge in [-0.25, -0.2) is 13.4 Å². The third kappa shape index (κ3) is 4.83. The van der Waals surface area contributed by atoms with Crippen LogP contribution in [0, 0.1) is 0 Å². The van der Waals surface area contributed by atoms with E-state index in [2.05, 4.69) is 10.3 Å². The van der Waals surface area contributed by atoms with E-state index in [0.29, 0.717) is 5.13 Å². The highest BCUT2D eigenvalue weighted by Crippen LogP contribution is 2.35. The molecule has 1 fully saturated rings. The second-order valence-electron chi connectivity index (χ2n) is 6.10. The Kier molecular flexibility index (Phi) is 5.81. The van der Waals surface area contributed by atoms with E-state index in [0.717, 1.165) is 43.2 Å². The summed E-state index contributed by atoms with van der Waals surface area (Å²) in [6.07, 6.45) is 5.26. The van der Waals surface area contributed by atoms with Gasteiger partial charge in [-0.15, -0.1) is 23.1 Å². The molecular formula is C17H20N2O3S3. The van der Waals surface area contributed by atoms with Crippen molar-refractivity contribution in [1.82, 2.24) is 4.98 Å². The van der Waals surface area contributed by atoms with Crippen molar-refractivity contribution >= 4 is 44.0 Å². The highest BCUT2D eigenvalue weighted by atomic mass is 32.3. The van der Waals surface area contributed by atoms with E-state index < -0.39 is 20.3 Å². The second kappa shape index (κ2) is 7.88. The summed E-state index contributed by atoms with van der Waals surface area (Å²) in [5.74, 6) is -0.506. The molecule has 0 radical (unpaired) electrons. The minimum absolute atomic E-state index is 0.238. The number of hydrogen-bond acceptors (Lipinski definition) is 6. The maximum Gasteiger partial charge on any atom is 0.254 e. The summed E-state index contributed by atoms with van der Waals surface area (Å²) in [6.45, 7) is 0. The van der Waals surface area contributed by atoms with Crippen molar-refractivity contribution in [3.05, 3.63) is 35.7 Å². The van der Waals surface area contributed by atoms with Crippen molar-refractivity contribution in [3.8, 4) is 11.3 Å². The molecule has 0 spiro atoms. The summed E-state index contributed by atoms with van der Waals surface area (Å²) in [7, 11) is -3.49. The molecule has 0 bridgehead atoms. The number of carbonyl (C=O) groups is 1. The molecule has 2 aromatic rings. The van der Waals surface area contributed by atoms with Crippen LogP contribution in [0.25, 0.3) is 11.3 Å². The second-order valence-corrected chi connectivity index (χ2v) is 10.8. The van der Waals surface area contributed by atoms with Crippen molar-refractivity contribution in [1.29, 1.82) is 0 Å². The Hall–Kier alpha value is -1.38. The molecule has 134 valence electrons. The number of hydrogen-bond donors (Lipinski definition) is 1. The standard InChI is InChI=1S/C17H20N2O3S3/c1-25(21,22)16(24-13-9-5-6-10-13)15(20)19-17-18-14(11-23-17)12-7-3-2-4-8-12/h2-4,7-8,11,13,16H,5-6,9-10H2,1H3,(H,18,19,20). The molecule has 1 unspecified atom stereocenters. The predicted molar refractivity (Wildman–Crippen MR) is 105 cm³/mol. The van der Waals surface area contributed by atoms with Crippen LogP contribution in [0.3, 0.4) is 0 Å². The van der Waals surface area contributed by atoms with Gasteiger partial charge in [-0.05, 0) is 12.8 Å². The molecule has 8 heteroatoms. The van der Waals surface area contributed by atoms with Crippen molar-refractivity contribution in [2.75, 3.05) is 11.6 Å². The Morgan fingerprint density at radius 3 is 2.60 bits per heavy atom. The van der Waals surface area contributed by atoms with Gasteiger partial charge in [-0.2, -0.15) is 0 Å². The van der Waals surface area contributed by atoms with E-state index in [9.17, 15) is 13.2 Å². The molecule has 1 saturated carbocycles. The lowest BCUT2D eigenvalue weighted by atomic mass is 10.2. The molecule has 1 aromatic carbocycles. The fourth-order valence-corrected chi connectivity index (χ4v) is 6.38. The zero-order chi connectivity index (χ0) is 17.9. The third-order valence-electron chi connectivity index (χ3n) is 4.03. The van der Waals surface area contributed by atoms with Gasteiger partial charge in [0.25, 0.3) is 5.91 Å². The van der Waals surface area contributed by atoms with Crippen LogP contribution in [0.1, 0.15) is 25.7 Å². The molecular weight excluding hydrogens is 376 g/mol. The number of nitrogens with zero attached hydrogens (tertiary/aromatic N) is 1. The van der Waals surface area contributed by atoms with Gasteiger partial charge in [0.05, 0.1) is 5.69 Å². The summed E-state index contributed by atoms with van der Waals surface area (Å²) in [5.41, 5.74) is 1.72. The normalized spacial score (nSPS) is 16.7. The van der Waals surface area contributed by atoms with Gasteiger partial charge < -0.3 is 5.32 Å². The van der Waals surface area contributed by atoms with Crippen LogP contribution in [-0.2, 0) is 14.6 Å². The lowest BCUT2D eigenvalue weighted by Gasteiger charge is -2.17. The molecule has 1 N–H and O–H groups in total. The summed E-state index contributed by atoms with van der Waals surface area (Å²) in [4.78, 5) is 16.9. The molecule has 1 amide bonds. The number of carbonyl (C=O) groups excluding carboxylic acids is 1. The molecule has 1 aliphatic rings. The van der Waals surface area contributed by atoms with Crippen LogP contribution in [0.5, 0.6) is 0 Å². The van der Waals surface area contributed by atoms with Crippen molar-refractivity contribution < 1.29 is 13.2 Å². The predicted octanol–water partition coefficient (Wildman–Crippen LogP) is 3.80. The summed E-state index contributed by atoms with van der Waals surface area (Å²) >= 11 is 2.56. The summed E-state index contributed by atoms with van der Waals surface area (Å²) in [5, 5.41) is 5.19. The number of thiazole rings is 1. The van der Waals surface area contributed by atoms with Gasteiger partial charge in [-0.3, -0.25) is 4.79 Å². The molecule has 0 aliphatic heterocycles. The smallest absolute Gasteiger partial charge is 0.254 e. The molecule has 1 heterocycles. The largest absolute Gasteiger partial charge is 0.300 e. The maximum absolute atomic E-state index is 12.5. The van der Waals surface area contributed by atoms with E-state index in [4.69, 9.17) is 0 Å². The Labute approximate surface area is 156 Å². The Morgan fingerprint density at radius 1 is 1.28 bits per heavy atom. The highest BCUT2D eigenvalue weighted by Gasteiger charge is 2.33.